The summed E-state index contributed by atoms with van der Waals surface area (Å²) in [5.41, 5.74) is 5.66. The van der Waals surface area contributed by atoms with Crippen LogP contribution in [-0.2, 0) is 0 Å². The Bertz CT molecular complexity index is 575. The molecule has 0 spiro atoms. The minimum absolute atomic E-state index is 0.0559. The maximum Gasteiger partial charge on any atom is 0.261 e. The van der Waals surface area contributed by atoms with E-state index >= 15 is 0 Å². The summed E-state index contributed by atoms with van der Waals surface area (Å²) < 4.78 is 0. The third-order valence-electron chi connectivity index (χ3n) is 2.12. The standard InChI is InChI=1S/C11H9N3O2/c12-10(15)7-4-5-9(14-11(7)16)8-3-1-2-6-13-8/h1-6H,(H2,12,15)(H,14,16). The van der Waals surface area contributed by atoms with E-state index in [9.17, 15) is 9.59 Å². The largest absolute Gasteiger partial charge is 0.365 e. The summed E-state index contributed by atoms with van der Waals surface area (Å²) in [6.45, 7) is 0. The second-order valence-electron chi connectivity index (χ2n) is 3.19. The van der Waals surface area contributed by atoms with Gasteiger partial charge in [0.25, 0.3) is 11.5 Å². The van der Waals surface area contributed by atoms with Gasteiger partial charge < -0.3 is 10.7 Å². The van der Waals surface area contributed by atoms with Gasteiger partial charge in [-0.2, -0.15) is 0 Å². The zero-order valence-electron chi connectivity index (χ0n) is 8.31. The van der Waals surface area contributed by atoms with Crippen molar-refractivity contribution in [2.45, 2.75) is 0 Å². The van der Waals surface area contributed by atoms with Crippen molar-refractivity contribution in [1.29, 1.82) is 0 Å². The lowest BCUT2D eigenvalue weighted by atomic mass is 10.2. The Morgan fingerprint density at radius 3 is 2.62 bits per heavy atom. The molecule has 2 aromatic rings. The Hall–Kier alpha value is -2.43. The molecule has 0 saturated carbocycles. The number of rotatable bonds is 2. The van der Waals surface area contributed by atoms with E-state index in [0.717, 1.165) is 0 Å². The fourth-order valence-corrected chi connectivity index (χ4v) is 1.34. The molecule has 5 nitrogen and oxygen atoms in total. The number of nitrogens with two attached hydrogens (primary N) is 1. The number of aromatic nitrogens is 2. The summed E-state index contributed by atoms with van der Waals surface area (Å²) in [6, 6.07) is 8.34. The molecule has 1 amide bonds. The van der Waals surface area contributed by atoms with Gasteiger partial charge in [0.15, 0.2) is 0 Å². The number of carbonyl (C=O) groups is 1. The smallest absolute Gasteiger partial charge is 0.261 e. The minimum atomic E-state index is -0.742. The average Bonchev–Trinajstić information content (AvgIpc) is 2.29. The van der Waals surface area contributed by atoms with Crippen LogP contribution in [0.3, 0.4) is 0 Å². The van der Waals surface area contributed by atoms with Gasteiger partial charge in [0.2, 0.25) is 0 Å². The molecular weight excluding hydrogens is 206 g/mol. The van der Waals surface area contributed by atoms with Crippen LogP contribution >= 0.6 is 0 Å². The summed E-state index contributed by atoms with van der Waals surface area (Å²) in [5.74, 6) is -0.742. The van der Waals surface area contributed by atoms with Gasteiger partial charge in [0.05, 0.1) is 11.4 Å². The Kier molecular flexibility index (Phi) is 2.51. The average molecular weight is 215 g/mol. The van der Waals surface area contributed by atoms with Crippen LogP contribution in [0.5, 0.6) is 0 Å². The predicted molar refractivity (Wildman–Crippen MR) is 58.8 cm³/mol. The molecule has 0 aliphatic heterocycles. The molecular formula is C11H9N3O2. The number of primary amides is 1. The number of pyridine rings is 2. The van der Waals surface area contributed by atoms with E-state index in [2.05, 4.69) is 9.97 Å². The van der Waals surface area contributed by atoms with Crippen molar-refractivity contribution in [3.8, 4) is 11.4 Å². The number of hydrogen-bond donors (Lipinski definition) is 2. The van der Waals surface area contributed by atoms with E-state index in [0.29, 0.717) is 11.4 Å². The van der Waals surface area contributed by atoms with E-state index in [-0.39, 0.29) is 5.56 Å². The number of hydrogen-bond acceptors (Lipinski definition) is 3. The number of nitrogens with one attached hydrogen (secondary N) is 1. The highest BCUT2D eigenvalue weighted by atomic mass is 16.2. The summed E-state index contributed by atoms with van der Waals surface area (Å²) in [6.07, 6.45) is 1.62. The molecule has 2 rings (SSSR count). The van der Waals surface area contributed by atoms with Crippen molar-refractivity contribution in [3.05, 3.63) is 52.4 Å². The third kappa shape index (κ3) is 1.83. The van der Waals surface area contributed by atoms with Crippen LogP contribution in [0.25, 0.3) is 11.4 Å². The van der Waals surface area contributed by atoms with Crippen LogP contribution in [0.1, 0.15) is 10.4 Å². The first kappa shape index (κ1) is 10.1. The second kappa shape index (κ2) is 3.98. The lowest BCUT2D eigenvalue weighted by molar-refractivity contribution is 0.0999. The van der Waals surface area contributed by atoms with E-state index in [1.807, 2.05) is 6.07 Å². The first-order valence-electron chi connectivity index (χ1n) is 4.63. The van der Waals surface area contributed by atoms with Crippen LogP contribution in [0.2, 0.25) is 0 Å². The predicted octanol–water partition coefficient (Wildman–Crippen LogP) is 0.536. The molecule has 0 atom stereocenters. The molecule has 80 valence electrons. The molecule has 0 aromatic carbocycles. The molecule has 0 saturated heterocycles. The molecule has 0 fully saturated rings. The van der Waals surface area contributed by atoms with Gasteiger partial charge in [-0.25, -0.2) is 0 Å². The summed E-state index contributed by atoms with van der Waals surface area (Å²) >= 11 is 0. The zero-order valence-corrected chi connectivity index (χ0v) is 8.31. The monoisotopic (exact) mass is 215 g/mol. The van der Waals surface area contributed by atoms with Gasteiger partial charge in [0, 0.05) is 6.20 Å². The SMILES string of the molecule is NC(=O)c1ccc(-c2ccccn2)[nH]c1=O. The topological polar surface area (TPSA) is 88.8 Å². The Balaban J connectivity index is 2.51. The Labute approximate surface area is 91.0 Å². The zero-order chi connectivity index (χ0) is 11.5. The van der Waals surface area contributed by atoms with Gasteiger partial charge in [-0.3, -0.25) is 14.6 Å². The van der Waals surface area contributed by atoms with Gasteiger partial charge in [-0.1, -0.05) is 6.07 Å². The van der Waals surface area contributed by atoms with Gasteiger partial charge >= 0.3 is 0 Å². The molecule has 0 bridgehead atoms. The molecule has 0 radical (unpaired) electrons. The van der Waals surface area contributed by atoms with Gasteiger partial charge in [-0.15, -0.1) is 0 Å². The van der Waals surface area contributed by atoms with Gasteiger partial charge in [0.1, 0.15) is 5.56 Å². The maximum absolute atomic E-state index is 11.5. The van der Waals surface area contributed by atoms with E-state index in [1.165, 1.54) is 6.07 Å². The van der Waals surface area contributed by atoms with Crippen molar-refractivity contribution in [1.82, 2.24) is 9.97 Å². The highest BCUT2D eigenvalue weighted by Crippen LogP contribution is 2.11. The maximum atomic E-state index is 11.5. The van der Waals surface area contributed by atoms with Crippen molar-refractivity contribution in [2.24, 2.45) is 5.73 Å². The second-order valence-corrected chi connectivity index (χ2v) is 3.19. The molecule has 16 heavy (non-hydrogen) atoms. The summed E-state index contributed by atoms with van der Waals surface area (Å²) in [4.78, 5) is 29.0. The molecule has 2 aromatic heterocycles. The van der Waals surface area contributed by atoms with Crippen LogP contribution in [0.4, 0.5) is 0 Å². The van der Waals surface area contributed by atoms with Crippen LogP contribution in [0, 0.1) is 0 Å². The molecule has 3 N–H and O–H groups in total. The molecule has 0 unspecified atom stereocenters. The number of nitrogens with zero attached hydrogens (tertiary/aromatic N) is 1. The van der Waals surface area contributed by atoms with Crippen molar-refractivity contribution in [2.75, 3.05) is 0 Å². The molecule has 5 heteroatoms. The number of H-pyrrole nitrogens is 1. The first-order valence-corrected chi connectivity index (χ1v) is 4.63. The van der Waals surface area contributed by atoms with E-state index < -0.39 is 11.5 Å². The number of aromatic amines is 1. The first-order chi connectivity index (χ1) is 7.68. The van der Waals surface area contributed by atoms with Crippen LogP contribution < -0.4 is 11.3 Å². The highest BCUT2D eigenvalue weighted by molar-refractivity contribution is 5.92. The molecule has 0 aliphatic carbocycles. The van der Waals surface area contributed by atoms with E-state index in [1.54, 1.807) is 24.4 Å². The van der Waals surface area contributed by atoms with Crippen molar-refractivity contribution >= 4 is 5.91 Å². The molecule has 0 aliphatic rings. The lowest BCUT2D eigenvalue weighted by Crippen LogP contribution is -2.23. The summed E-state index contributed by atoms with van der Waals surface area (Å²) in [7, 11) is 0. The van der Waals surface area contributed by atoms with E-state index in [4.69, 9.17) is 5.73 Å². The fraction of sp³-hybridized carbons (Fsp3) is 0. The Morgan fingerprint density at radius 1 is 1.25 bits per heavy atom. The Morgan fingerprint density at radius 2 is 2.06 bits per heavy atom. The quantitative estimate of drug-likeness (QED) is 0.766. The molecule has 2 heterocycles. The van der Waals surface area contributed by atoms with Gasteiger partial charge in [-0.05, 0) is 24.3 Å². The van der Waals surface area contributed by atoms with Crippen molar-refractivity contribution in [3.63, 3.8) is 0 Å². The third-order valence-corrected chi connectivity index (χ3v) is 2.12. The van der Waals surface area contributed by atoms with Crippen molar-refractivity contribution < 1.29 is 4.79 Å². The number of amides is 1. The highest BCUT2D eigenvalue weighted by Gasteiger charge is 2.07. The van der Waals surface area contributed by atoms with Crippen LogP contribution in [0.15, 0.2) is 41.3 Å². The number of carbonyl (C=O) groups excluding carboxylic acids is 1. The normalized spacial score (nSPS) is 10.0. The minimum Gasteiger partial charge on any atom is -0.365 e. The fourth-order valence-electron chi connectivity index (χ4n) is 1.34. The lowest BCUT2D eigenvalue weighted by Gasteiger charge is -2.00. The summed E-state index contributed by atoms with van der Waals surface area (Å²) in [5, 5.41) is 0. The van der Waals surface area contributed by atoms with Crippen LogP contribution in [-0.4, -0.2) is 15.9 Å².